The second kappa shape index (κ2) is 7.12. The van der Waals surface area contributed by atoms with Crippen LogP contribution < -0.4 is 5.32 Å². The van der Waals surface area contributed by atoms with Crippen LogP contribution in [0.3, 0.4) is 0 Å². The molecule has 0 unspecified atom stereocenters. The Bertz CT molecular complexity index is 705. The molecular formula is C16H19N3O4S. The predicted octanol–water partition coefficient (Wildman–Crippen LogP) is 2.63. The number of hydrogen-bond acceptors (Lipinski definition) is 6. The zero-order valence-electron chi connectivity index (χ0n) is 13.2. The molecule has 0 bridgehead atoms. The standard InChI is InChI=1S/C16H19N3O4S/c20-12(18-16(15(21)22)8-1-2-9-16)6-3-7-13-17-14(19-23-13)11-5-4-10-24-11/h4-5,10H,1-3,6-9H2,(H,18,20)(H,21,22). The van der Waals surface area contributed by atoms with E-state index in [4.69, 9.17) is 4.52 Å². The van der Waals surface area contributed by atoms with Crippen LogP contribution in [0.2, 0.25) is 0 Å². The predicted molar refractivity (Wildman–Crippen MR) is 87.5 cm³/mol. The highest BCUT2D eigenvalue weighted by Crippen LogP contribution is 2.30. The van der Waals surface area contributed by atoms with Crippen molar-refractivity contribution in [2.75, 3.05) is 0 Å². The van der Waals surface area contributed by atoms with E-state index in [1.165, 1.54) is 11.3 Å². The maximum atomic E-state index is 12.1. The molecule has 24 heavy (non-hydrogen) atoms. The highest BCUT2D eigenvalue weighted by atomic mass is 32.1. The number of carboxylic acid groups (broad SMARTS) is 1. The molecule has 128 valence electrons. The molecule has 2 N–H and O–H groups in total. The second-order valence-electron chi connectivity index (χ2n) is 5.99. The molecule has 1 saturated carbocycles. The molecule has 2 heterocycles. The summed E-state index contributed by atoms with van der Waals surface area (Å²) in [6.07, 6.45) is 3.94. The summed E-state index contributed by atoms with van der Waals surface area (Å²) in [6.45, 7) is 0. The summed E-state index contributed by atoms with van der Waals surface area (Å²) < 4.78 is 5.18. The second-order valence-corrected chi connectivity index (χ2v) is 6.93. The number of nitrogens with zero attached hydrogens (tertiary/aromatic N) is 2. The lowest BCUT2D eigenvalue weighted by molar-refractivity contribution is -0.147. The van der Waals surface area contributed by atoms with E-state index < -0.39 is 11.5 Å². The molecule has 7 nitrogen and oxygen atoms in total. The first-order valence-corrected chi connectivity index (χ1v) is 8.88. The van der Waals surface area contributed by atoms with Crippen molar-refractivity contribution in [3.05, 3.63) is 23.4 Å². The first-order chi connectivity index (χ1) is 11.6. The summed E-state index contributed by atoms with van der Waals surface area (Å²) in [5.41, 5.74) is -1.08. The number of thiophene rings is 1. The molecule has 1 aliphatic rings. The van der Waals surface area contributed by atoms with Crippen LogP contribution in [0.4, 0.5) is 0 Å². The molecule has 0 radical (unpaired) electrons. The van der Waals surface area contributed by atoms with Crippen LogP contribution in [0.15, 0.2) is 22.0 Å². The number of carbonyl (C=O) groups excluding carboxylic acids is 1. The fourth-order valence-electron chi connectivity index (χ4n) is 2.96. The number of amides is 1. The number of hydrogen-bond donors (Lipinski definition) is 2. The van der Waals surface area contributed by atoms with Gasteiger partial charge in [0, 0.05) is 12.8 Å². The van der Waals surface area contributed by atoms with Crippen LogP contribution in [0.1, 0.15) is 44.4 Å². The molecule has 0 aliphatic heterocycles. The number of carboxylic acids is 1. The van der Waals surface area contributed by atoms with Gasteiger partial charge in [-0.2, -0.15) is 4.98 Å². The fraction of sp³-hybridized carbons (Fsp3) is 0.500. The Labute approximate surface area is 143 Å². The van der Waals surface area contributed by atoms with Crippen molar-refractivity contribution in [2.24, 2.45) is 0 Å². The van der Waals surface area contributed by atoms with E-state index in [1.54, 1.807) is 0 Å². The number of aliphatic carboxylic acids is 1. The van der Waals surface area contributed by atoms with Crippen LogP contribution in [-0.4, -0.2) is 32.7 Å². The fourth-order valence-corrected chi connectivity index (χ4v) is 3.61. The lowest BCUT2D eigenvalue weighted by Gasteiger charge is -2.25. The van der Waals surface area contributed by atoms with Gasteiger partial charge in [0.1, 0.15) is 5.54 Å². The molecule has 1 aliphatic carbocycles. The van der Waals surface area contributed by atoms with Gasteiger partial charge in [-0.3, -0.25) is 4.79 Å². The van der Waals surface area contributed by atoms with Gasteiger partial charge in [0.2, 0.25) is 17.6 Å². The van der Waals surface area contributed by atoms with Gasteiger partial charge in [0.15, 0.2) is 0 Å². The maximum absolute atomic E-state index is 12.1. The van der Waals surface area contributed by atoms with Crippen molar-refractivity contribution in [1.29, 1.82) is 0 Å². The van der Waals surface area contributed by atoms with Gasteiger partial charge in [0.05, 0.1) is 4.88 Å². The van der Waals surface area contributed by atoms with E-state index in [1.807, 2.05) is 17.5 Å². The smallest absolute Gasteiger partial charge is 0.329 e. The monoisotopic (exact) mass is 349 g/mol. The van der Waals surface area contributed by atoms with Crippen molar-refractivity contribution in [2.45, 2.75) is 50.5 Å². The average molecular weight is 349 g/mol. The van der Waals surface area contributed by atoms with Gasteiger partial charge in [-0.05, 0) is 30.7 Å². The van der Waals surface area contributed by atoms with E-state index in [0.717, 1.165) is 17.7 Å². The van der Waals surface area contributed by atoms with E-state index in [9.17, 15) is 14.7 Å². The number of aromatic nitrogens is 2. The topological polar surface area (TPSA) is 105 Å². The quantitative estimate of drug-likeness (QED) is 0.796. The summed E-state index contributed by atoms with van der Waals surface area (Å²) in [5.74, 6) is -0.136. The summed E-state index contributed by atoms with van der Waals surface area (Å²) in [5, 5.41) is 17.9. The Morgan fingerprint density at radius 1 is 1.38 bits per heavy atom. The van der Waals surface area contributed by atoms with Crippen molar-refractivity contribution in [3.8, 4) is 10.7 Å². The zero-order valence-corrected chi connectivity index (χ0v) is 14.0. The largest absolute Gasteiger partial charge is 0.480 e. The highest BCUT2D eigenvalue weighted by molar-refractivity contribution is 7.13. The molecule has 2 aromatic rings. The minimum Gasteiger partial charge on any atom is -0.480 e. The third-order valence-electron chi connectivity index (χ3n) is 4.25. The van der Waals surface area contributed by atoms with E-state index in [2.05, 4.69) is 15.5 Å². The Morgan fingerprint density at radius 2 is 2.17 bits per heavy atom. The Hall–Kier alpha value is -2.22. The number of aryl methyl sites for hydroxylation is 1. The maximum Gasteiger partial charge on any atom is 0.329 e. The molecule has 0 atom stereocenters. The molecule has 0 saturated heterocycles. The molecule has 2 aromatic heterocycles. The van der Waals surface area contributed by atoms with Gasteiger partial charge in [-0.25, -0.2) is 4.79 Å². The SMILES string of the molecule is O=C(CCCc1nc(-c2cccs2)no1)NC1(C(=O)O)CCCC1. The summed E-state index contributed by atoms with van der Waals surface area (Å²) in [7, 11) is 0. The normalized spacial score (nSPS) is 16.2. The molecule has 1 amide bonds. The van der Waals surface area contributed by atoms with Crippen LogP contribution in [0.5, 0.6) is 0 Å². The van der Waals surface area contributed by atoms with Crippen LogP contribution >= 0.6 is 11.3 Å². The van der Waals surface area contributed by atoms with Crippen LogP contribution in [0, 0.1) is 0 Å². The molecular weight excluding hydrogens is 330 g/mol. The van der Waals surface area contributed by atoms with Gasteiger partial charge < -0.3 is 14.9 Å². The molecule has 0 aromatic carbocycles. The van der Waals surface area contributed by atoms with Crippen LogP contribution in [0.25, 0.3) is 10.7 Å². The Morgan fingerprint density at radius 3 is 2.83 bits per heavy atom. The lowest BCUT2D eigenvalue weighted by atomic mass is 9.97. The third kappa shape index (κ3) is 3.64. The molecule has 3 rings (SSSR count). The minimum atomic E-state index is -1.08. The molecule has 8 heteroatoms. The van der Waals surface area contributed by atoms with Gasteiger partial charge in [-0.1, -0.05) is 24.1 Å². The summed E-state index contributed by atoms with van der Waals surface area (Å²) >= 11 is 1.53. The van der Waals surface area contributed by atoms with Gasteiger partial charge in [-0.15, -0.1) is 11.3 Å². The van der Waals surface area contributed by atoms with Crippen LogP contribution in [-0.2, 0) is 16.0 Å². The first-order valence-electron chi connectivity index (χ1n) is 8.00. The molecule has 1 fully saturated rings. The van der Waals surface area contributed by atoms with Gasteiger partial charge in [0.25, 0.3) is 0 Å². The third-order valence-corrected chi connectivity index (χ3v) is 5.12. The van der Waals surface area contributed by atoms with Gasteiger partial charge >= 0.3 is 5.97 Å². The summed E-state index contributed by atoms with van der Waals surface area (Å²) in [4.78, 5) is 28.7. The Balaban J connectivity index is 1.48. The average Bonchev–Trinajstić information content (AvgIpc) is 3.29. The highest BCUT2D eigenvalue weighted by Gasteiger charge is 2.42. The summed E-state index contributed by atoms with van der Waals surface area (Å²) in [6, 6.07) is 3.83. The van der Waals surface area contributed by atoms with Crippen molar-refractivity contribution in [1.82, 2.24) is 15.5 Å². The van der Waals surface area contributed by atoms with E-state index in [0.29, 0.717) is 37.4 Å². The van der Waals surface area contributed by atoms with Crippen molar-refractivity contribution < 1.29 is 19.2 Å². The first kappa shape index (κ1) is 16.6. The lowest BCUT2D eigenvalue weighted by Crippen LogP contribution is -2.52. The Kier molecular flexibility index (Phi) is 4.94. The zero-order chi connectivity index (χ0) is 17.0. The number of nitrogens with one attached hydrogen (secondary N) is 1. The van der Waals surface area contributed by atoms with Crippen molar-refractivity contribution >= 4 is 23.2 Å². The van der Waals surface area contributed by atoms with E-state index >= 15 is 0 Å². The minimum absolute atomic E-state index is 0.239. The molecule has 0 spiro atoms. The van der Waals surface area contributed by atoms with Crippen molar-refractivity contribution in [3.63, 3.8) is 0 Å². The van der Waals surface area contributed by atoms with E-state index in [-0.39, 0.29) is 12.3 Å². The number of rotatable bonds is 7. The number of carbonyl (C=O) groups is 2.